The molecule has 0 radical (unpaired) electrons. The molecule has 1 amide bonds. The molecule has 0 bridgehead atoms. The summed E-state index contributed by atoms with van der Waals surface area (Å²) in [5, 5.41) is 0. The minimum absolute atomic E-state index is 0.237. The van der Waals surface area contributed by atoms with E-state index in [0.29, 0.717) is 19.7 Å². The van der Waals surface area contributed by atoms with Crippen LogP contribution in [-0.2, 0) is 4.74 Å². The molecule has 1 aromatic carbocycles. The van der Waals surface area contributed by atoms with E-state index >= 15 is 0 Å². The molecule has 1 aliphatic heterocycles. The van der Waals surface area contributed by atoms with E-state index in [2.05, 4.69) is 29.7 Å². The SMILES string of the molecule is CCOC(=O)N1CCN(c2cc(N(CC)CC)nc(-c3ccccc3)n2)CC1. The van der Waals surface area contributed by atoms with Gasteiger partial charge >= 0.3 is 6.09 Å². The Morgan fingerprint density at radius 2 is 1.71 bits per heavy atom. The maximum absolute atomic E-state index is 12.0. The Kier molecular flexibility index (Phi) is 6.68. The first kappa shape index (κ1) is 19.9. The minimum atomic E-state index is -0.237. The van der Waals surface area contributed by atoms with Crippen LogP contribution in [0.15, 0.2) is 36.4 Å². The minimum Gasteiger partial charge on any atom is -0.450 e. The summed E-state index contributed by atoms with van der Waals surface area (Å²) in [6, 6.07) is 12.1. The molecule has 1 saturated heterocycles. The molecule has 0 atom stereocenters. The fourth-order valence-corrected chi connectivity index (χ4v) is 3.34. The molecule has 150 valence electrons. The lowest BCUT2D eigenvalue weighted by Gasteiger charge is -2.35. The number of benzene rings is 1. The Balaban J connectivity index is 1.86. The van der Waals surface area contributed by atoms with E-state index in [1.54, 1.807) is 4.90 Å². The van der Waals surface area contributed by atoms with Crippen LogP contribution < -0.4 is 9.80 Å². The Labute approximate surface area is 166 Å². The average molecular weight is 383 g/mol. The number of carbonyl (C=O) groups is 1. The van der Waals surface area contributed by atoms with Gasteiger partial charge < -0.3 is 19.4 Å². The molecule has 0 saturated carbocycles. The highest BCUT2D eigenvalue weighted by Gasteiger charge is 2.24. The first-order chi connectivity index (χ1) is 13.7. The molecule has 0 spiro atoms. The first-order valence-corrected chi connectivity index (χ1v) is 10.0. The van der Waals surface area contributed by atoms with Crippen molar-refractivity contribution in [1.29, 1.82) is 0 Å². The third-order valence-corrected chi connectivity index (χ3v) is 4.95. The smallest absolute Gasteiger partial charge is 0.409 e. The van der Waals surface area contributed by atoms with Crippen LogP contribution in [0.1, 0.15) is 20.8 Å². The zero-order valence-electron chi connectivity index (χ0n) is 17.0. The van der Waals surface area contributed by atoms with Gasteiger partial charge in [-0.3, -0.25) is 0 Å². The van der Waals surface area contributed by atoms with Gasteiger partial charge in [0.05, 0.1) is 6.61 Å². The number of aromatic nitrogens is 2. The van der Waals surface area contributed by atoms with Gasteiger partial charge in [0.2, 0.25) is 0 Å². The van der Waals surface area contributed by atoms with Gasteiger partial charge in [-0.05, 0) is 20.8 Å². The number of hydrogen-bond donors (Lipinski definition) is 0. The van der Waals surface area contributed by atoms with E-state index in [1.807, 2.05) is 37.3 Å². The van der Waals surface area contributed by atoms with Crippen molar-refractivity contribution in [3.8, 4) is 11.4 Å². The molecule has 28 heavy (non-hydrogen) atoms. The van der Waals surface area contributed by atoms with E-state index in [0.717, 1.165) is 49.2 Å². The lowest BCUT2D eigenvalue weighted by atomic mass is 10.2. The molecular formula is C21H29N5O2. The van der Waals surface area contributed by atoms with Crippen molar-refractivity contribution < 1.29 is 9.53 Å². The molecule has 0 unspecified atom stereocenters. The molecule has 1 aliphatic rings. The summed E-state index contributed by atoms with van der Waals surface area (Å²) in [6.45, 7) is 11.0. The summed E-state index contributed by atoms with van der Waals surface area (Å²) in [6.07, 6.45) is -0.237. The van der Waals surface area contributed by atoms with E-state index in [4.69, 9.17) is 14.7 Å². The number of ether oxygens (including phenoxy) is 1. The van der Waals surface area contributed by atoms with E-state index in [-0.39, 0.29) is 6.09 Å². The van der Waals surface area contributed by atoms with Crippen LogP contribution in [0, 0.1) is 0 Å². The highest BCUT2D eigenvalue weighted by molar-refractivity contribution is 5.68. The van der Waals surface area contributed by atoms with Gasteiger partial charge in [0.15, 0.2) is 5.82 Å². The van der Waals surface area contributed by atoms with E-state index < -0.39 is 0 Å². The number of anilines is 2. The Hall–Kier alpha value is -2.83. The molecule has 7 heteroatoms. The van der Waals surface area contributed by atoms with Crippen LogP contribution >= 0.6 is 0 Å². The Morgan fingerprint density at radius 3 is 2.32 bits per heavy atom. The van der Waals surface area contributed by atoms with E-state index in [9.17, 15) is 4.79 Å². The lowest BCUT2D eigenvalue weighted by molar-refractivity contribution is 0.105. The summed E-state index contributed by atoms with van der Waals surface area (Å²) in [4.78, 5) is 27.8. The number of hydrogen-bond acceptors (Lipinski definition) is 6. The second-order valence-electron chi connectivity index (χ2n) is 6.62. The maximum atomic E-state index is 12.0. The molecule has 7 nitrogen and oxygen atoms in total. The largest absolute Gasteiger partial charge is 0.450 e. The van der Waals surface area contributed by atoms with Crippen LogP contribution in [0.4, 0.5) is 16.4 Å². The van der Waals surface area contributed by atoms with Gasteiger partial charge in [-0.15, -0.1) is 0 Å². The average Bonchev–Trinajstić information content (AvgIpc) is 2.75. The van der Waals surface area contributed by atoms with Crippen molar-refractivity contribution in [2.75, 3.05) is 55.7 Å². The van der Waals surface area contributed by atoms with Crippen molar-refractivity contribution in [3.63, 3.8) is 0 Å². The van der Waals surface area contributed by atoms with Crippen molar-refractivity contribution in [2.24, 2.45) is 0 Å². The molecule has 1 aromatic heterocycles. The Bertz CT molecular complexity index is 772. The fourth-order valence-electron chi connectivity index (χ4n) is 3.34. The number of nitrogens with zero attached hydrogens (tertiary/aromatic N) is 5. The topological polar surface area (TPSA) is 61.8 Å². The second kappa shape index (κ2) is 9.39. The van der Waals surface area contributed by atoms with Crippen molar-refractivity contribution >= 4 is 17.7 Å². The van der Waals surface area contributed by atoms with Gasteiger partial charge in [-0.1, -0.05) is 30.3 Å². The number of rotatable bonds is 6. The molecule has 1 fully saturated rings. The van der Waals surface area contributed by atoms with Crippen LogP contribution in [0.5, 0.6) is 0 Å². The number of piperazine rings is 1. The van der Waals surface area contributed by atoms with Gasteiger partial charge in [0.25, 0.3) is 0 Å². The monoisotopic (exact) mass is 383 g/mol. The van der Waals surface area contributed by atoms with Crippen LogP contribution in [-0.4, -0.2) is 66.8 Å². The van der Waals surface area contributed by atoms with Crippen molar-refractivity contribution in [1.82, 2.24) is 14.9 Å². The highest BCUT2D eigenvalue weighted by atomic mass is 16.6. The molecule has 2 heterocycles. The fraction of sp³-hybridized carbons (Fsp3) is 0.476. The highest BCUT2D eigenvalue weighted by Crippen LogP contribution is 2.25. The van der Waals surface area contributed by atoms with Gasteiger partial charge in [-0.2, -0.15) is 0 Å². The Morgan fingerprint density at radius 1 is 1.04 bits per heavy atom. The number of amides is 1. The second-order valence-corrected chi connectivity index (χ2v) is 6.62. The summed E-state index contributed by atoms with van der Waals surface area (Å²) in [5.74, 6) is 2.56. The first-order valence-electron chi connectivity index (χ1n) is 10.0. The molecule has 0 aliphatic carbocycles. The van der Waals surface area contributed by atoms with E-state index in [1.165, 1.54) is 0 Å². The normalized spacial score (nSPS) is 14.1. The third kappa shape index (κ3) is 4.52. The van der Waals surface area contributed by atoms with Crippen LogP contribution in [0.25, 0.3) is 11.4 Å². The lowest BCUT2D eigenvalue weighted by Crippen LogP contribution is -2.49. The maximum Gasteiger partial charge on any atom is 0.409 e. The summed E-state index contributed by atoms with van der Waals surface area (Å²) in [5.41, 5.74) is 1.00. The predicted molar refractivity (Wildman–Crippen MR) is 112 cm³/mol. The van der Waals surface area contributed by atoms with Crippen molar-refractivity contribution in [3.05, 3.63) is 36.4 Å². The zero-order chi connectivity index (χ0) is 19.9. The predicted octanol–water partition coefficient (Wildman–Crippen LogP) is 3.27. The zero-order valence-corrected chi connectivity index (χ0v) is 17.0. The standard InChI is InChI=1S/C21H29N5O2/c1-4-24(5-2)18-16-19(23-20(22-18)17-10-8-7-9-11-17)25-12-14-26(15-13-25)21(27)28-6-3/h7-11,16H,4-6,12-15H2,1-3H3. The molecular weight excluding hydrogens is 354 g/mol. The van der Waals surface area contributed by atoms with Gasteiger partial charge in [0.1, 0.15) is 11.6 Å². The van der Waals surface area contributed by atoms with Crippen LogP contribution in [0.3, 0.4) is 0 Å². The van der Waals surface area contributed by atoms with Gasteiger partial charge in [0, 0.05) is 50.9 Å². The molecule has 0 N–H and O–H groups in total. The number of carbonyl (C=O) groups excluding carboxylic acids is 1. The summed E-state index contributed by atoms with van der Waals surface area (Å²) in [7, 11) is 0. The van der Waals surface area contributed by atoms with Crippen LogP contribution in [0.2, 0.25) is 0 Å². The summed E-state index contributed by atoms with van der Waals surface area (Å²) < 4.78 is 5.12. The quantitative estimate of drug-likeness (QED) is 0.763. The van der Waals surface area contributed by atoms with Gasteiger partial charge in [-0.25, -0.2) is 14.8 Å². The summed E-state index contributed by atoms with van der Waals surface area (Å²) >= 11 is 0. The van der Waals surface area contributed by atoms with Crippen molar-refractivity contribution in [2.45, 2.75) is 20.8 Å². The molecule has 3 rings (SSSR count). The third-order valence-electron chi connectivity index (χ3n) is 4.95. The molecule has 2 aromatic rings.